The van der Waals surface area contributed by atoms with E-state index in [0.29, 0.717) is 0 Å². The molecule has 0 aromatic heterocycles. The summed E-state index contributed by atoms with van der Waals surface area (Å²) >= 11 is 0. The Morgan fingerprint density at radius 2 is 1.79 bits per heavy atom. The molecule has 0 aliphatic rings. The third kappa shape index (κ3) is 8.51. The first kappa shape index (κ1) is 13.9. The normalized spacial score (nSPS) is 10.8. The van der Waals surface area contributed by atoms with Gasteiger partial charge in [-0.15, -0.1) is 6.58 Å². The second-order valence-electron chi connectivity index (χ2n) is 3.85. The Kier molecular flexibility index (Phi) is 10.9. The molecule has 0 fully saturated rings. The van der Waals surface area contributed by atoms with Crippen molar-refractivity contribution < 1.29 is 4.43 Å². The topological polar surface area (TPSA) is 9.23 Å². The molecule has 0 atom stereocenters. The summed E-state index contributed by atoms with van der Waals surface area (Å²) in [6.07, 6.45) is 8.17. The molecule has 0 spiro atoms. The minimum atomic E-state index is -0.811. The van der Waals surface area contributed by atoms with Crippen molar-refractivity contribution in [1.82, 2.24) is 0 Å². The minimum absolute atomic E-state index is 0.811. The van der Waals surface area contributed by atoms with Gasteiger partial charge in [-0.25, -0.2) is 0 Å². The van der Waals surface area contributed by atoms with Gasteiger partial charge < -0.3 is 4.43 Å². The summed E-state index contributed by atoms with van der Waals surface area (Å²) in [6, 6.07) is 2.71. The van der Waals surface area contributed by atoms with Crippen molar-refractivity contribution in [1.29, 1.82) is 0 Å². The van der Waals surface area contributed by atoms with Crippen molar-refractivity contribution in [2.75, 3.05) is 6.61 Å². The fraction of sp³-hybridized carbons (Fsp3) is 0.833. The van der Waals surface area contributed by atoms with E-state index in [1.807, 2.05) is 6.08 Å². The summed E-state index contributed by atoms with van der Waals surface area (Å²) in [6.45, 7) is 9.23. The highest BCUT2D eigenvalue weighted by Crippen LogP contribution is 2.08. The van der Waals surface area contributed by atoms with Crippen LogP contribution in [0.2, 0.25) is 12.1 Å². The lowest BCUT2D eigenvalue weighted by molar-refractivity contribution is 0.306. The lowest BCUT2D eigenvalue weighted by Gasteiger charge is -2.14. The summed E-state index contributed by atoms with van der Waals surface area (Å²) in [5.41, 5.74) is 0. The Balaban J connectivity index is 3.34. The van der Waals surface area contributed by atoms with Crippen LogP contribution in [0.15, 0.2) is 12.7 Å². The van der Waals surface area contributed by atoms with E-state index >= 15 is 0 Å². The van der Waals surface area contributed by atoms with Crippen molar-refractivity contribution in [2.24, 2.45) is 0 Å². The van der Waals surface area contributed by atoms with Crippen molar-refractivity contribution >= 4 is 9.04 Å². The van der Waals surface area contributed by atoms with Crippen LogP contribution in [0.3, 0.4) is 0 Å². The van der Waals surface area contributed by atoms with E-state index in [0.717, 1.165) is 13.0 Å². The molecule has 0 heterocycles. The van der Waals surface area contributed by atoms with Crippen molar-refractivity contribution in [3.63, 3.8) is 0 Å². The molecule has 0 bridgehead atoms. The largest absolute Gasteiger partial charge is 0.420 e. The highest BCUT2D eigenvalue weighted by molar-refractivity contribution is 6.51. The van der Waals surface area contributed by atoms with Crippen LogP contribution >= 0.6 is 0 Å². The SMILES string of the molecule is C=CCCCCO[SiH](CCC)CCC. The van der Waals surface area contributed by atoms with Crippen LogP contribution in [0.1, 0.15) is 46.0 Å². The zero-order chi connectivity index (χ0) is 10.6. The van der Waals surface area contributed by atoms with Gasteiger partial charge in [-0.1, -0.05) is 32.8 Å². The molecular formula is C12H26OSi. The third-order valence-electron chi connectivity index (χ3n) is 2.38. The molecule has 0 aromatic carbocycles. The van der Waals surface area contributed by atoms with Gasteiger partial charge in [-0.3, -0.25) is 0 Å². The average molecular weight is 214 g/mol. The van der Waals surface area contributed by atoms with E-state index in [-0.39, 0.29) is 0 Å². The molecule has 0 aliphatic heterocycles. The smallest absolute Gasteiger partial charge is 0.176 e. The molecule has 0 radical (unpaired) electrons. The van der Waals surface area contributed by atoms with Crippen LogP contribution in [0, 0.1) is 0 Å². The van der Waals surface area contributed by atoms with Gasteiger partial charge in [0.25, 0.3) is 0 Å². The van der Waals surface area contributed by atoms with Crippen LogP contribution in [-0.4, -0.2) is 15.6 Å². The summed E-state index contributed by atoms with van der Waals surface area (Å²) in [4.78, 5) is 0. The Morgan fingerprint density at radius 1 is 1.14 bits per heavy atom. The summed E-state index contributed by atoms with van der Waals surface area (Å²) < 4.78 is 5.97. The van der Waals surface area contributed by atoms with Crippen LogP contribution in [0.5, 0.6) is 0 Å². The molecule has 0 saturated carbocycles. The molecular weight excluding hydrogens is 188 g/mol. The Bertz CT molecular complexity index is 119. The standard InChI is InChI=1S/C12H26OSi/c1-4-7-8-9-10-13-14(11-5-2)12-6-3/h4,14H,1,5-12H2,2-3H3. The molecule has 1 nitrogen and oxygen atoms in total. The highest BCUT2D eigenvalue weighted by atomic mass is 28.3. The molecule has 0 saturated heterocycles. The average Bonchev–Trinajstić information content (AvgIpc) is 2.18. The van der Waals surface area contributed by atoms with E-state index in [9.17, 15) is 0 Å². The van der Waals surface area contributed by atoms with Gasteiger partial charge in [0.2, 0.25) is 0 Å². The maximum absolute atomic E-state index is 5.97. The monoisotopic (exact) mass is 214 g/mol. The molecule has 2 heteroatoms. The Labute approximate surface area is 91.3 Å². The van der Waals surface area contributed by atoms with Crippen LogP contribution < -0.4 is 0 Å². The van der Waals surface area contributed by atoms with Gasteiger partial charge in [0.1, 0.15) is 0 Å². The van der Waals surface area contributed by atoms with Crippen LogP contribution in [0.25, 0.3) is 0 Å². The summed E-state index contributed by atoms with van der Waals surface area (Å²) in [5.74, 6) is 0. The maximum Gasteiger partial charge on any atom is 0.176 e. The molecule has 0 unspecified atom stereocenters. The summed E-state index contributed by atoms with van der Waals surface area (Å²) in [5, 5.41) is 0. The van der Waals surface area contributed by atoms with E-state index in [4.69, 9.17) is 4.43 Å². The van der Waals surface area contributed by atoms with Crippen LogP contribution in [-0.2, 0) is 4.43 Å². The van der Waals surface area contributed by atoms with Gasteiger partial charge in [-0.2, -0.15) is 0 Å². The third-order valence-corrected chi connectivity index (χ3v) is 5.53. The number of hydrogen-bond acceptors (Lipinski definition) is 1. The quantitative estimate of drug-likeness (QED) is 0.304. The maximum atomic E-state index is 5.97. The van der Waals surface area contributed by atoms with Gasteiger partial charge in [-0.05, 0) is 31.4 Å². The highest BCUT2D eigenvalue weighted by Gasteiger charge is 2.08. The van der Waals surface area contributed by atoms with E-state index in [1.165, 1.54) is 37.8 Å². The predicted molar refractivity (Wildman–Crippen MR) is 67.3 cm³/mol. The molecule has 0 aliphatic carbocycles. The number of hydrogen-bond donors (Lipinski definition) is 0. The molecule has 0 rings (SSSR count). The minimum Gasteiger partial charge on any atom is -0.420 e. The second kappa shape index (κ2) is 11.0. The lowest BCUT2D eigenvalue weighted by atomic mass is 10.2. The fourth-order valence-electron chi connectivity index (χ4n) is 1.60. The molecule has 84 valence electrons. The molecule has 0 N–H and O–H groups in total. The lowest BCUT2D eigenvalue weighted by Crippen LogP contribution is -2.17. The Morgan fingerprint density at radius 3 is 2.29 bits per heavy atom. The van der Waals surface area contributed by atoms with Crippen molar-refractivity contribution in [3.05, 3.63) is 12.7 Å². The van der Waals surface area contributed by atoms with Crippen molar-refractivity contribution in [3.8, 4) is 0 Å². The number of rotatable bonds is 10. The predicted octanol–water partition coefficient (Wildman–Crippen LogP) is 3.90. The van der Waals surface area contributed by atoms with E-state index < -0.39 is 9.04 Å². The van der Waals surface area contributed by atoms with E-state index in [2.05, 4.69) is 20.4 Å². The van der Waals surface area contributed by atoms with E-state index in [1.54, 1.807) is 0 Å². The Hall–Kier alpha value is -0.0831. The first-order chi connectivity index (χ1) is 6.85. The molecule has 0 aromatic rings. The fourth-order valence-corrected chi connectivity index (χ4v) is 4.01. The van der Waals surface area contributed by atoms with Crippen molar-refractivity contribution in [2.45, 2.75) is 58.0 Å². The van der Waals surface area contributed by atoms with Crippen LogP contribution in [0.4, 0.5) is 0 Å². The number of unbranched alkanes of at least 4 members (excludes halogenated alkanes) is 2. The second-order valence-corrected chi connectivity index (χ2v) is 6.59. The molecule has 0 amide bonds. The van der Waals surface area contributed by atoms with Gasteiger partial charge in [0.15, 0.2) is 9.04 Å². The van der Waals surface area contributed by atoms with Gasteiger partial charge in [0.05, 0.1) is 0 Å². The summed E-state index contributed by atoms with van der Waals surface area (Å²) in [7, 11) is -0.811. The van der Waals surface area contributed by atoms with Gasteiger partial charge in [0, 0.05) is 6.61 Å². The first-order valence-electron chi connectivity index (χ1n) is 6.07. The van der Waals surface area contributed by atoms with Gasteiger partial charge >= 0.3 is 0 Å². The first-order valence-corrected chi connectivity index (χ1v) is 8.18. The zero-order valence-corrected chi connectivity index (χ0v) is 11.1. The molecule has 14 heavy (non-hydrogen) atoms. The number of allylic oxidation sites excluding steroid dienone is 1. The zero-order valence-electron chi connectivity index (χ0n) is 9.93.